The summed E-state index contributed by atoms with van der Waals surface area (Å²) >= 11 is 0. The second kappa shape index (κ2) is 12.2. The predicted octanol–water partition coefficient (Wildman–Crippen LogP) is 4.50. The van der Waals surface area contributed by atoms with Crippen LogP contribution >= 0.6 is 0 Å². The van der Waals surface area contributed by atoms with Crippen LogP contribution in [0.25, 0.3) is 0 Å². The highest BCUT2D eigenvalue weighted by Gasteiger charge is 2.06. The number of rotatable bonds is 11. The number of aryl methyl sites for hydroxylation is 1. The van der Waals surface area contributed by atoms with Crippen LogP contribution < -0.4 is 20.7 Å². The van der Waals surface area contributed by atoms with E-state index in [4.69, 9.17) is 4.74 Å². The molecule has 0 aliphatic carbocycles. The van der Waals surface area contributed by atoms with E-state index in [1.54, 1.807) is 24.3 Å². The Kier molecular flexibility index (Phi) is 8.69. The van der Waals surface area contributed by atoms with Gasteiger partial charge in [-0.25, -0.2) is 0 Å². The van der Waals surface area contributed by atoms with E-state index in [9.17, 15) is 9.59 Å². The zero-order chi connectivity index (χ0) is 22.6. The number of ether oxygens (including phenoxy) is 1. The molecule has 0 aromatic heterocycles. The van der Waals surface area contributed by atoms with E-state index in [0.717, 1.165) is 24.3 Å². The second-order valence-corrected chi connectivity index (χ2v) is 7.30. The zero-order valence-electron chi connectivity index (χ0n) is 18.3. The maximum atomic E-state index is 12.2. The normalized spacial score (nSPS) is 10.3. The molecule has 0 aliphatic rings. The van der Waals surface area contributed by atoms with Gasteiger partial charge in [0.2, 0.25) is 5.91 Å². The Morgan fingerprint density at radius 2 is 1.53 bits per heavy atom. The average Bonchev–Trinajstić information content (AvgIpc) is 2.82. The van der Waals surface area contributed by atoms with Gasteiger partial charge in [-0.3, -0.25) is 9.59 Å². The minimum absolute atomic E-state index is 0.129. The molecule has 3 rings (SSSR count). The van der Waals surface area contributed by atoms with Crippen LogP contribution in [-0.2, 0) is 11.2 Å². The highest BCUT2D eigenvalue weighted by Crippen LogP contribution is 2.16. The first kappa shape index (κ1) is 22.9. The van der Waals surface area contributed by atoms with Crippen molar-refractivity contribution in [1.82, 2.24) is 5.32 Å². The van der Waals surface area contributed by atoms with Crippen molar-refractivity contribution in [1.29, 1.82) is 0 Å². The molecule has 0 unspecified atom stereocenters. The Morgan fingerprint density at radius 3 is 2.22 bits per heavy atom. The molecule has 0 saturated carbocycles. The second-order valence-electron chi connectivity index (χ2n) is 7.30. The fourth-order valence-corrected chi connectivity index (χ4v) is 3.14. The smallest absolute Gasteiger partial charge is 0.251 e. The molecule has 3 N–H and O–H groups in total. The van der Waals surface area contributed by atoms with Crippen molar-refractivity contribution >= 4 is 23.2 Å². The molecule has 2 amide bonds. The number of benzene rings is 3. The molecule has 0 aliphatic heterocycles. The number of anilines is 2. The van der Waals surface area contributed by atoms with Crippen LogP contribution in [0.3, 0.4) is 0 Å². The van der Waals surface area contributed by atoms with Gasteiger partial charge in [-0.05, 0) is 73.9 Å². The number of carbonyl (C=O) groups is 2. The first-order valence-corrected chi connectivity index (χ1v) is 10.8. The van der Waals surface area contributed by atoms with E-state index in [1.165, 1.54) is 5.56 Å². The lowest BCUT2D eigenvalue weighted by Crippen LogP contribution is -2.23. The number of hydrogen-bond acceptors (Lipinski definition) is 4. The minimum atomic E-state index is -0.169. The van der Waals surface area contributed by atoms with Crippen molar-refractivity contribution in [2.75, 3.05) is 30.3 Å². The molecule has 0 saturated heterocycles. The Labute approximate surface area is 189 Å². The zero-order valence-corrected chi connectivity index (χ0v) is 18.3. The summed E-state index contributed by atoms with van der Waals surface area (Å²) in [4.78, 5) is 24.0. The summed E-state index contributed by atoms with van der Waals surface area (Å²) in [5, 5.41) is 8.65. The van der Waals surface area contributed by atoms with Crippen molar-refractivity contribution in [3.63, 3.8) is 0 Å². The molecular formula is C26H29N3O3. The van der Waals surface area contributed by atoms with Crippen molar-refractivity contribution < 1.29 is 14.3 Å². The van der Waals surface area contributed by atoms with Crippen LogP contribution in [0.15, 0.2) is 78.9 Å². The van der Waals surface area contributed by atoms with Gasteiger partial charge < -0.3 is 20.7 Å². The van der Waals surface area contributed by atoms with Gasteiger partial charge in [0.15, 0.2) is 0 Å². The fraction of sp³-hybridized carbons (Fsp3) is 0.231. The summed E-state index contributed by atoms with van der Waals surface area (Å²) in [6, 6.07) is 24.7. The Morgan fingerprint density at radius 1 is 0.844 bits per heavy atom. The van der Waals surface area contributed by atoms with Gasteiger partial charge in [-0.1, -0.05) is 30.3 Å². The monoisotopic (exact) mass is 431 g/mol. The maximum absolute atomic E-state index is 12.2. The van der Waals surface area contributed by atoms with Crippen molar-refractivity contribution in [2.45, 2.75) is 19.8 Å². The molecule has 6 nitrogen and oxygen atoms in total. The average molecular weight is 432 g/mol. The topological polar surface area (TPSA) is 79.5 Å². The van der Waals surface area contributed by atoms with Gasteiger partial charge in [0.1, 0.15) is 5.75 Å². The third-order valence-corrected chi connectivity index (χ3v) is 4.80. The number of hydrogen-bond donors (Lipinski definition) is 3. The van der Waals surface area contributed by atoms with Gasteiger partial charge in [-0.15, -0.1) is 0 Å². The fourth-order valence-electron chi connectivity index (χ4n) is 3.14. The van der Waals surface area contributed by atoms with Crippen LogP contribution in [0.2, 0.25) is 0 Å². The van der Waals surface area contributed by atoms with E-state index < -0.39 is 0 Å². The molecule has 0 radical (unpaired) electrons. The quantitative estimate of drug-likeness (QED) is 0.391. The molecule has 3 aromatic carbocycles. The summed E-state index contributed by atoms with van der Waals surface area (Å²) in [5.74, 6) is 0.507. The highest BCUT2D eigenvalue weighted by molar-refractivity contribution is 5.96. The third kappa shape index (κ3) is 7.47. The summed E-state index contributed by atoms with van der Waals surface area (Å²) in [7, 11) is 0. The van der Waals surface area contributed by atoms with E-state index in [1.807, 2.05) is 49.4 Å². The van der Waals surface area contributed by atoms with Crippen LogP contribution in [0, 0.1) is 0 Å². The van der Waals surface area contributed by atoms with Crippen molar-refractivity contribution in [2.24, 2.45) is 0 Å². The first-order chi connectivity index (χ1) is 15.6. The molecule has 32 heavy (non-hydrogen) atoms. The van der Waals surface area contributed by atoms with Crippen LogP contribution in [-0.4, -0.2) is 31.5 Å². The SMILES string of the molecule is CCNC(=O)c1ccc(NC(=O)CNc2ccc(OCCCc3ccccc3)cc2)cc1. The molecule has 6 heteroatoms. The van der Waals surface area contributed by atoms with Crippen LogP contribution in [0.1, 0.15) is 29.3 Å². The molecule has 0 atom stereocenters. The Balaban J connectivity index is 1.37. The Hall–Kier alpha value is -3.80. The Bertz CT molecular complexity index is 987. The van der Waals surface area contributed by atoms with Gasteiger partial charge >= 0.3 is 0 Å². The minimum Gasteiger partial charge on any atom is -0.494 e. The summed E-state index contributed by atoms with van der Waals surface area (Å²) in [5.41, 5.74) is 3.35. The summed E-state index contributed by atoms with van der Waals surface area (Å²) < 4.78 is 5.79. The number of amides is 2. The largest absolute Gasteiger partial charge is 0.494 e. The molecule has 0 fully saturated rings. The van der Waals surface area contributed by atoms with Crippen LogP contribution in [0.5, 0.6) is 5.75 Å². The van der Waals surface area contributed by atoms with E-state index >= 15 is 0 Å². The summed E-state index contributed by atoms with van der Waals surface area (Å²) in [6.45, 7) is 3.23. The maximum Gasteiger partial charge on any atom is 0.251 e. The molecule has 166 valence electrons. The van der Waals surface area contributed by atoms with Crippen molar-refractivity contribution in [3.8, 4) is 5.75 Å². The molecule has 0 bridgehead atoms. The van der Waals surface area contributed by atoms with Crippen LogP contribution in [0.4, 0.5) is 11.4 Å². The van der Waals surface area contributed by atoms with Gasteiger partial charge in [0.25, 0.3) is 5.91 Å². The highest BCUT2D eigenvalue weighted by atomic mass is 16.5. The number of nitrogens with one attached hydrogen (secondary N) is 3. The summed E-state index contributed by atoms with van der Waals surface area (Å²) in [6.07, 6.45) is 1.94. The lowest BCUT2D eigenvalue weighted by molar-refractivity contribution is -0.114. The van der Waals surface area contributed by atoms with E-state index in [-0.39, 0.29) is 18.4 Å². The molecular weight excluding hydrogens is 402 g/mol. The molecule has 0 spiro atoms. The lowest BCUT2D eigenvalue weighted by atomic mass is 10.1. The molecule has 0 heterocycles. The van der Waals surface area contributed by atoms with Gasteiger partial charge in [-0.2, -0.15) is 0 Å². The third-order valence-electron chi connectivity index (χ3n) is 4.80. The van der Waals surface area contributed by atoms with E-state index in [0.29, 0.717) is 24.4 Å². The van der Waals surface area contributed by atoms with Gasteiger partial charge in [0.05, 0.1) is 13.2 Å². The lowest BCUT2D eigenvalue weighted by Gasteiger charge is -2.10. The van der Waals surface area contributed by atoms with Crippen molar-refractivity contribution in [3.05, 3.63) is 90.0 Å². The van der Waals surface area contributed by atoms with E-state index in [2.05, 4.69) is 28.1 Å². The number of carbonyl (C=O) groups excluding carboxylic acids is 2. The predicted molar refractivity (Wildman–Crippen MR) is 128 cm³/mol. The first-order valence-electron chi connectivity index (χ1n) is 10.8. The molecule has 3 aromatic rings. The standard InChI is InChI=1S/C26H29N3O3/c1-2-27-26(31)21-10-12-23(13-11-21)29-25(30)19-28-22-14-16-24(17-15-22)32-18-6-9-20-7-4-3-5-8-20/h3-5,7-8,10-17,28H,2,6,9,18-19H2,1H3,(H,27,31)(H,29,30). The van der Waals surface area contributed by atoms with Gasteiger partial charge in [0, 0.05) is 23.5 Å².